The second kappa shape index (κ2) is 8.36. The van der Waals surface area contributed by atoms with Crippen molar-refractivity contribution < 1.29 is 0 Å². The van der Waals surface area contributed by atoms with Crippen molar-refractivity contribution in [2.24, 2.45) is 0 Å². The van der Waals surface area contributed by atoms with E-state index in [0.717, 1.165) is 32.2 Å². The first-order valence-corrected chi connectivity index (χ1v) is 4.55. The van der Waals surface area contributed by atoms with Crippen molar-refractivity contribution in [3.8, 4) is 12.3 Å². The molecule has 0 aliphatic rings. The van der Waals surface area contributed by atoms with Crippen molar-refractivity contribution in [1.29, 1.82) is 0 Å². The van der Waals surface area contributed by atoms with Crippen molar-refractivity contribution in [2.45, 2.75) is 32.6 Å². The van der Waals surface area contributed by atoms with E-state index in [9.17, 15) is 0 Å². The summed E-state index contributed by atoms with van der Waals surface area (Å²) in [5, 5.41) is 3.11. The molecule has 0 amide bonds. The van der Waals surface area contributed by atoms with Crippen LogP contribution >= 0.6 is 0 Å². The van der Waals surface area contributed by atoms with Gasteiger partial charge in [0, 0.05) is 6.42 Å². The SMILES string of the molecule is C#CCCC/C(C)=C\CCNC. The second-order valence-corrected chi connectivity index (χ2v) is 3.00. The zero-order valence-electron chi connectivity index (χ0n) is 8.19. The average molecular weight is 165 g/mol. The maximum Gasteiger partial charge on any atom is 0.00891 e. The maximum atomic E-state index is 5.16. The molecule has 0 unspecified atom stereocenters. The molecule has 0 aromatic carbocycles. The lowest BCUT2D eigenvalue weighted by Gasteiger charge is -1.98. The van der Waals surface area contributed by atoms with Gasteiger partial charge in [-0.3, -0.25) is 0 Å². The van der Waals surface area contributed by atoms with E-state index in [0.29, 0.717) is 0 Å². The minimum absolute atomic E-state index is 0.900. The summed E-state index contributed by atoms with van der Waals surface area (Å²) < 4.78 is 0. The molecular formula is C11H19N. The first-order chi connectivity index (χ1) is 5.81. The van der Waals surface area contributed by atoms with Crippen molar-refractivity contribution in [2.75, 3.05) is 13.6 Å². The number of allylic oxidation sites excluding steroid dienone is 1. The number of terminal acetylenes is 1. The molecule has 0 atom stereocenters. The zero-order valence-corrected chi connectivity index (χ0v) is 8.19. The van der Waals surface area contributed by atoms with Crippen LogP contribution < -0.4 is 5.32 Å². The molecule has 0 aliphatic carbocycles. The van der Waals surface area contributed by atoms with Gasteiger partial charge in [0.2, 0.25) is 0 Å². The van der Waals surface area contributed by atoms with Gasteiger partial charge in [-0.25, -0.2) is 0 Å². The van der Waals surface area contributed by atoms with Crippen LogP contribution in [-0.2, 0) is 0 Å². The summed E-state index contributed by atoms with van der Waals surface area (Å²) in [4.78, 5) is 0. The van der Waals surface area contributed by atoms with E-state index < -0.39 is 0 Å². The van der Waals surface area contributed by atoms with Gasteiger partial charge in [0.05, 0.1) is 0 Å². The molecule has 68 valence electrons. The van der Waals surface area contributed by atoms with Gasteiger partial charge in [-0.2, -0.15) is 0 Å². The van der Waals surface area contributed by atoms with Crippen LogP contribution in [0.15, 0.2) is 11.6 Å². The van der Waals surface area contributed by atoms with Gasteiger partial charge in [0.1, 0.15) is 0 Å². The number of unbranched alkanes of at least 4 members (excludes halogenated alkanes) is 1. The Morgan fingerprint density at radius 1 is 1.58 bits per heavy atom. The summed E-state index contributed by atoms with van der Waals surface area (Å²) in [6, 6.07) is 0. The average Bonchev–Trinajstić information content (AvgIpc) is 2.06. The first-order valence-electron chi connectivity index (χ1n) is 4.55. The highest BCUT2D eigenvalue weighted by Crippen LogP contribution is 2.06. The van der Waals surface area contributed by atoms with Crippen LogP contribution in [0.25, 0.3) is 0 Å². The monoisotopic (exact) mass is 165 g/mol. The van der Waals surface area contributed by atoms with Crippen LogP contribution in [0.5, 0.6) is 0 Å². The van der Waals surface area contributed by atoms with Gasteiger partial charge in [-0.05, 0) is 39.8 Å². The highest BCUT2D eigenvalue weighted by atomic mass is 14.8. The molecular weight excluding hydrogens is 146 g/mol. The molecule has 0 aromatic rings. The molecule has 0 fully saturated rings. The predicted molar refractivity (Wildman–Crippen MR) is 55.0 cm³/mol. The van der Waals surface area contributed by atoms with E-state index in [1.54, 1.807) is 0 Å². The normalized spacial score (nSPS) is 11.2. The minimum Gasteiger partial charge on any atom is -0.319 e. The van der Waals surface area contributed by atoms with Crippen molar-refractivity contribution >= 4 is 0 Å². The molecule has 12 heavy (non-hydrogen) atoms. The van der Waals surface area contributed by atoms with E-state index in [2.05, 4.69) is 24.2 Å². The van der Waals surface area contributed by atoms with Crippen molar-refractivity contribution in [1.82, 2.24) is 5.32 Å². The molecule has 0 aliphatic heterocycles. The molecule has 1 nitrogen and oxygen atoms in total. The molecule has 0 heterocycles. The molecule has 1 heteroatoms. The molecule has 0 spiro atoms. The van der Waals surface area contributed by atoms with E-state index >= 15 is 0 Å². The number of hydrogen-bond acceptors (Lipinski definition) is 1. The Labute approximate surface area is 76.2 Å². The van der Waals surface area contributed by atoms with Crippen LogP contribution in [-0.4, -0.2) is 13.6 Å². The number of nitrogens with one attached hydrogen (secondary N) is 1. The Morgan fingerprint density at radius 2 is 2.33 bits per heavy atom. The largest absolute Gasteiger partial charge is 0.319 e. The lowest BCUT2D eigenvalue weighted by Crippen LogP contribution is -2.06. The number of hydrogen-bond donors (Lipinski definition) is 1. The van der Waals surface area contributed by atoms with Crippen LogP contribution in [0.2, 0.25) is 0 Å². The minimum atomic E-state index is 0.900. The van der Waals surface area contributed by atoms with Crippen LogP contribution in [0, 0.1) is 12.3 Å². The van der Waals surface area contributed by atoms with Gasteiger partial charge in [-0.15, -0.1) is 12.3 Å². The third kappa shape index (κ3) is 7.37. The van der Waals surface area contributed by atoms with Gasteiger partial charge in [-0.1, -0.05) is 11.6 Å². The highest BCUT2D eigenvalue weighted by molar-refractivity contribution is 4.99. The third-order valence-electron chi connectivity index (χ3n) is 1.78. The molecule has 0 rings (SSSR count). The van der Waals surface area contributed by atoms with Gasteiger partial charge < -0.3 is 5.32 Å². The summed E-state index contributed by atoms with van der Waals surface area (Å²) >= 11 is 0. The van der Waals surface area contributed by atoms with E-state index in [-0.39, 0.29) is 0 Å². The van der Waals surface area contributed by atoms with Crippen LogP contribution in [0.1, 0.15) is 32.6 Å². The summed E-state index contributed by atoms with van der Waals surface area (Å²) in [6.07, 6.45) is 11.7. The molecule has 0 saturated carbocycles. The van der Waals surface area contributed by atoms with Gasteiger partial charge >= 0.3 is 0 Å². The molecule has 0 radical (unpaired) electrons. The third-order valence-corrected chi connectivity index (χ3v) is 1.78. The van der Waals surface area contributed by atoms with E-state index in [1.807, 2.05) is 7.05 Å². The first kappa shape index (κ1) is 11.3. The van der Waals surface area contributed by atoms with E-state index in [1.165, 1.54) is 5.57 Å². The van der Waals surface area contributed by atoms with Crippen molar-refractivity contribution in [3.63, 3.8) is 0 Å². The summed E-state index contributed by atoms with van der Waals surface area (Å²) in [7, 11) is 1.97. The Kier molecular flexibility index (Phi) is 7.84. The molecule has 0 aromatic heterocycles. The Morgan fingerprint density at radius 3 is 2.92 bits per heavy atom. The lowest BCUT2D eigenvalue weighted by molar-refractivity contribution is 0.790. The molecule has 0 saturated heterocycles. The Hall–Kier alpha value is -0.740. The molecule has 1 N–H and O–H groups in total. The Bertz CT molecular complexity index is 162. The Balaban J connectivity index is 3.37. The topological polar surface area (TPSA) is 12.0 Å². The lowest BCUT2D eigenvalue weighted by atomic mass is 10.1. The van der Waals surface area contributed by atoms with E-state index in [4.69, 9.17) is 6.42 Å². The molecule has 0 bridgehead atoms. The van der Waals surface area contributed by atoms with Crippen LogP contribution in [0.3, 0.4) is 0 Å². The maximum absolute atomic E-state index is 5.16. The van der Waals surface area contributed by atoms with Gasteiger partial charge in [0.25, 0.3) is 0 Å². The van der Waals surface area contributed by atoms with Crippen molar-refractivity contribution in [3.05, 3.63) is 11.6 Å². The highest BCUT2D eigenvalue weighted by Gasteiger charge is 1.88. The fourth-order valence-electron chi connectivity index (χ4n) is 1.03. The quantitative estimate of drug-likeness (QED) is 0.362. The summed E-state index contributed by atoms with van der Waals surface area (Å²) in [5.74, 6) is 2.65. The number of rotatable bonds is 6. The zero-order chi connectivity index (χ0) is 9.23. The summed E-state index contributed by atoms with van der Waals surface area (Å²) in [5.41, 5.74) is 1.46. The summed E-state index contributed by atoms with van der Waals surface area (Å²) in [6.45, 7) is 3.23. The fourth-order valence-corrected chi connectivity index (χ4v) is 1.03. The van der Waals surface area contributed by atoms with Crippen LogP contribution in [0.4, 0.5) is 0 Å². The van der Waals surface area contributed by atoms with Gasteiger partial charge in [0.15, 0.2) is 0 Å². The standard InChI is InChI=1S/C11H19N/c1-4-5-6-8-11(2)9-7-10-12-3/h1,9,12H,5-8,10H2,2-3H3/b11-9-. The predicted octanol–water partition coefficient (Wildman–Crippen LogP) is 2.35. The fraction of sp³-hybridized carbons (Fsp3) is 0.636. The second-order valence-electron chi connectivity index (χ2n) is 3.00. The smallest absolute Gasteiger partial charge is 0.00891 e.